The Morgan fingerprint density at radius 3 is 2.57 bits per heavy atom. The Hall–Kier alpha value is -1.66. The van der Waals surface area contributed by atoms with Gasteiger partial charge in [-0.15, -0.1) is 0 Å². The molecule has 1 aliphatic rings. The smallest absolute Gasteiger partial charge is 0.353 e. The summed E-state index contributed by atoms with van der Waals surface area (Å²) in [5, 5.41) is 9.94. The molecule has 0 spiro atoms. The number of aromatic hydroxyl groups is 1. The molecule has 1 unspecified atom stereocenters. The van der Waals surface area contributed by atoms with Crippen molar-refractivity contribution < 1.29 is 23.5 Å². The number of aryl methyl sites for hydroxylation is 1. The van der Waals surface area contributed by atoms with Crippen LogP contribution in [0.2, 0.25) is 0 Å². The Bertz CT molecular complexity index is 664. The Morgan fingerprint density at radius 1 is 1.30 bits per heavy atom. The van der Waals surface area contributed by atoms with Crippen LogP contribution in [0.5, 0.6) is 5.75 Å². The monoisotopic (exact) mass is 340 g/mol. The van der Waals surface area contributed by atoms with Crippen LogP contribution in [0.4, 0.5) is 0 Å². The van der Waals surface area contributed by atoms with Gasteiger partial charge < -0.3 is 19.6 Å². The van der Waals surface area contributed by atoms with Crippen molar-refractivity contribution in [2.45, 2.75) is 26.6 Å². The Kier molecular flexibility index (Phi) is 5.59. The summed E-state index contributed by atoms with van der Waals surface area (Å²) in [4.78, 5) is 12.7. The number of hydrogen-bond donors (Lipinski definition) is 3. The third-order valence-corrected chi connectivity index (χ3v) is 5.61. The van der Waals surface area contributed by atoms with Crippen LogP contribution in [0, 0.1) is 6.92 Å². The quantitative estimate of drug-likeness (QED) is 0.518. The molecule has 0 aromatic heterocycles. The van der Waals surface area contributed by atoms with Crippen molar-refractivity contribution in [3.63, 3.8) is 0 Å². The van der Waals surface area contributed by atoms with E-state index < -0.39 is 19.2 Å². The van der Waals surface area contributed by atoms with E-state index in [1.165, 1.54) is 12.3 Å². The minimum absolute atomic E-state index is 0.130. The average Bonchev–Trinajstić information content (AvgIpc) is 3.00. The van der Waals surface area contributed by atoms with E-state index in [4.69, 9.17) is 9.05 Å². The summed E-state index contributed by atoms with van der Waals surface area (Å²) >= 11 is 0. The maximum atomic E-state index is 12.9. The fourth-order valence-corrected chi connectivity index (χ4v) is 4.19. The first-order valence-corrected chi connectivity index (χ1v) is 8.98. The van der Waals surface area contributed by atoms with Crippen molar-refractivity contribution in [3.8, 4) is 5.75 Å². The van der Waals surface area contributed by atoms with Crippen LogP contribution in [0.25, 0.3) is 0 Å². The van der Waals surface area contributed by atoms with Crippen molar-refractivity contribution >= 4 is 13.4 Å². The predicted octanol–water partition coefficient (Wildman–Crippen LogP) is 2.47. The van der Waals surface area contributed by atoms with Crippen LogP contribution < -0.4 is 10.9 Å². The number of rotatable bonds is 7. The Labute approximate surface area is 135 Å². The molecule has 0 bridgehead atoms. The second-order valence-electron chi connectivity index (χ2n) is 5.02. The SMILES string of the molecule is CCOP(=O)(OCC)C1NNC=C1C(=O)c1cc(C)ccc1O. The third-order valence-electron chi connectivity index (χ3n) is 3.34. The fourth-order valence-electron chi connectivity index (χ4n) is 2.33. The lowest BCUT2D eigenvalue weighted by molar-refractivity contribution is 0.102. The molecule has 126 valence electrons. The van der Waals surface area contributed by atoms with Crippen LogP contribution >= 0.6 is 7.60 Å². The lowest BCUT2D eigenvalue weighted by Gasteiger charge is -2.24. The van der Waals surface area contributed by atoms with Crippen molar-refractivity contribution in [2.24, 2.45) is 0 Å². The molecular formula is C15H21N2O5P. The van der Waals surface area contributed by atoms with Gasteiger partial charge in [0.15, 0.2) is 11.6 Å². The van der Waals surface area contributed by atoms with E-state index in [1.807, 2.05) is 6.92 Å². The van der Waals surface area contributed by atoms with E-state index in [-0.39, 0.29) is 30.1 Å². The molecule has 23 heavy (non-hydrogen) atoms. The van der Waals surface area contributed by atoms with E-state index in [0.29, 0.717) is 0 Å². The predicted molar refractivity (Wildman–Crippen MR) is 86.2 cm³/mol. The molecule has 0 radical (unpaired) electrons. The van der Waals surface area contributed by atoms with Crippen LogP contribution in [-0.4, -0.2) is 29.9 Å². The molecule has 2 rings (SSSR count). The summed E-state index contributed by atoms with van der Waals surface area (Å²) in [6.07, 6.45) is 1.42. The summed E-state index contributed by atoms with van der Waals surface area (Å²) in [6.45, 7) is 5.59. The molecule has 0 saturated carbocycles. The van der Waals surface area contributed by atoms with Crippen LogP contribution in [-0.2, 0) is 13.6 Å². The number of carbonyl (C=O) groups is 1. The topological polar surface area (TPSA) is 96.9 Å². The molecular weight excluding hydrogens is 319 g/mol. The summed E-state index contributed by atoms with van der Waals surface area (Å²) in [5.74, 6) is -1.50. The standard InChI is InChI=1S/C15H21N2O5P/c1-4-21-23(20,22-5-2)15-12(9-16-17-15)14(19)11-8-10(3)6-7-13(11)18/h6-9,15-18H,4-5H2,1-3H3. The number of ketones is 1. The number of Topliss-reactive ketones (excluding diaryl/α,β-unsaturated/α-hetero) is 1. The minimum Gasteiger partial charge on any atom is -0.507 e. The van der Waals surface area contributed by atoms with Gasteiger partial charge in [-0.25, -0.2) is 5.43 Å². The van der Waals surface area contributed by atoms with Crippen LogP contribution in [0.15, 0.2) is 30.0 Å². The number of nitrogens with one attached hydrogen (secondary N) is 2. The number of phenols is 1. The largest absolute Gasteiger partial charge is 0.507 e. The first-order chi connectivity index (χ1) is 10.9. The van der Waals surface area contributed by atoms with Crippen LogP contribution in [0.1, 0.15) is 29.8 Å². The lowest BCUT2D eigenvalue weighted by atomic mass is 10.0. The summed E-state index contributed by atoms with van der Waals surface area (Å²) in [7, 11) is -3.57. The third kappa shape index (κ3) is 3.64. The molecule has 3 N–H and O–H groups in total. The normalized spacial score (nSPS) is 17.7. The summed E-state index contributed by atoms with van der Waals surface area (Å²) < 4.78 is 23.5. The van der Waals surface area contributed by atoms with Gasteiger partial charge in [0.1, 0.15) is 5.75 Å². The van der Waals surface area contributed by atoms with Gasteiger partial charge in [0.05, 0.1) is 18.8 Å². The maximum Gasteiger partial charge on any atom is 0.353 e. The van der Waals surface area contributed by atoms with Crippen molar-refractivity contribution in [1.29, 1.82) is 0 Å². The number of phenolic OH excluding ortho intramolecular Hbond substituents is 1. The summed E-state index contributed by atoms with van der Waals surface area (Å²) in [5.41, 5.74) is 6.60. The molecule has 1 aromatic rings. The zero-order chi connectivity index (χ0) is 17.0. The van der Waals surface area contributed by atoms with Crippen LogP contribution in [0.3, 0.4) is 0 Å². The maximum absolute atomic E-state index is 12.9. The molecule has 1 aromatic carbocycles. The first-order valence-electron chi connectivity index (χ1n) is 7.37. The zero-order valence-corrected chi connectivity index (χ0v) is 14.2. The Balaban J connectivity index is 2.36. The van der Waals surface area contributed by atoms with Crippen molar-refractivity contribution in [1.82, 2.24) is 10.9 Å². The number of carbonyl (C=O) groups excluding carboxylic acids is 1. The van der Waals surface area contributed by atoms with Crippen molar-refractivity contribution in [3.05, 3.63) is 41.1 Å². The minimum atomic E-state index is -3.57. The van der Waals surface area contributed by atoms with Gasteiger partial charge in [0.25, 0.3) is 0 Å². The van der Waals surface area contributed by atoms with Gasteiger partial charge in [-0.3, -0.25) is 9.36 Å². The van der Waals surface area contributed by atoms with E-state index in [1.54, 1.807) is 26.0 Å². The van der Waals surface area contributed by atoms with Gasteiger partial charge in [-0.05, 0) is 32.9 Å². The van der Waals surface area contributed by atoms with Gasteiger partial charge in [0, 0.05) is 11.8 Å². The highest BCUT2D eigenvalue weighted by Crippen LogP contribution is 2.55. The van der Waals surface area contributed by atoms with E-state index in [9.17, 15) is 14.5 Å². The molecule has 8 heteroatoms. The molecule has 1 atom stereocenters. The molecule has 0 saturated heterocycles. The molecule has 0 amide bonds. The molecule has 0 fully saturated rings. The van der Waals surface area contributed by atoms with E-state index >= 15 is 0 Å². The summed E-state index contributed by atoms with van der Waals surface area (Å²) in [6, 6.07) is 4.74. The molecule has 0 aliphatic carbocycles. The van der Waals surface area contributed by atoms with Gasteiger partial charge in [-0.2, -0.15) is 0 Å². The highest BCUT2D eigenvalue weighted by molar-refractivity contribution is 7.55. The van der Waals surface area contributed by atoms with Gasteiger partial charge >= 0.3 is 7.60 Å². The van der Waals surface area contributed by atoms with E-state index in [0.717, 1.165) is 5.56 Å². The Morgan fingerprint density at radius 2 is 1.96 bits per heavy atom. The zero-order valence-electron chi connectivity index (χ0n) is 13.3. The highest BCUT2D eigenvalue weighted by Gasteiger charge is 2.43. The number of hydrogen-bond acceptors (Lipinski definition) is 7. The first kappa shape index (κ1) is 17.7. The molecule has 1 heterocycles. The molecule has 1 aliphatic heterocycles. The van der Waals surface area contributed by atoms with E-state index in [2.05, 4.69) is 10.9 Å². The second kappa shape index (κ2) is 7.27. The van der Waals surface area contributed by atoms with Crippen molar-refractivity contribution in [2.75, 3.05) is 13.2 Å². The molecule has 7 nitrogen and oxygen atoms in total. The fraction of sp³-hybridized carbons (Fsp3) is 0.400. The highest BCUT2D eigenvalue weighted by atomic mass is 31.2. The number of benzene rings is 1. The number of hydrazine groups is 1. The second-order valence-corrected chi connectivity index (χ2v) is 7.13. The van der Waals surface area contributed by atoms with Gasteiger partial charge in [-0.1, -0.05) is 11.6 Å². The average molecular weight is 340 g/mol. The lowest BCUT2D eigenvalue weighted by Crippen LogP contribution is -2.34. The van der Waals surface area contributed by atoms with Gasteiger partial charge in [0.2, 0.25) is 0 Å².